The van der Waals surface area contributed by atoms with E-state index >= 15 is 0 Å². The van der Waals surface area contributed by atoms with Crippen molar-refractivity contribution in [2.75, 3.05) is 5.75 Å². The highest BCUT2D eigenvalue weighted by molar-refractivity contribution is 7.85. The Bertz CT molecular complexity index is 211. The van der Waals surface area contributed by atoms with Gasteiger partial charge in [0.05, 0.1) is 5.75 Å². The average molecular weight is 195 g/mol. The molecule has 0 rings (SSSR count). The quantitative estimate of drug-likeness (QED) is 0.631. The molecule has 5 heteroatoms. The minimum atomic E-state index is -3.83. The van der Waals surface area contributed by atoms with Crippen molar-refractivity contribution in [1.82, 2.24) is 0 Å². The number of hydrogen-bond donors (Lipinski definition) is 2. The van der Waals surface area contributed by atoms with Gasteiger partial charge in [-0.15, -0.1) is 0 Å². The van der Waals surface area contributed by atoms with Crippen LogP contribution >= 0.6 is 0 Å². The average Bonchev–Trinajstić information content (AvgIpc) is 1.80. The number of rotatable bonds is 5. The predicted molar refractivity (Wildman–Crippen MR) is 48.5 cm³/mol. The van der Waals surface area contributed by atoms with E-state index in [1.165, 1.54) is 0 Å². The zero-order chi connectivity index (χ0) is 9.78. The summed E-state index contributed by atoms with van der Waals surface area (Å²) in [4.78, 5) is 0. The van der Waals surface area contributed by atoms with Gasteiger partial charge in [-0.1, -0.05) is 13.8 Å². The zero-order valence-electron chi connectivity index (χ0n) is 7.53. The smallest absolute Gasteiger partial charge is 0.264 e. The number of nitrogens with two attached hydrogens (primary N) is 1. The largest absolute Gasteiger partial charge is 0.328 e. The van der Waals surface area contributed by atoms with E-state index in [9.17, 15) is 8.42 Å². The molecule has 0 aliphatic rings. The highest BCUT2D eigenvalue weighted by Crippen LogP contribution is 2.06. The van der Waals surface area contributed by atoms with E-state index in [-0.39, 0.29) is 11.8 Å². The highest BCUT2D eigenvalue weighted by Gasteiger charge is 2.10. The Hall–Kier alpha value is -0.130. The minimum absolute atomic E-state index is 0.132. The van der Waals surface area contributed by atoms with Gasteiger partial charge in [0.25, 0.3) is 10.1 Å². The van der Waals surface area contributed by atoms with Gasteiger partial charge in [-0.05, 0) is 18.8 Å². The minimum Gasteiger partial charge on any atom is -0.328 e. The van der Waals surface area contributed by atoms with Gasteiger partial charge in [-0.2, -0.15) is 8.42 Å². The standard InChI is InChI=1S/C7H17NO3S/c1-6(2)5-7(8)3-4-12(9,10)11/h6-7H,3-5,8H2,1-2H3,(H,9,10,11). The van der Waals surface area contributed by atoms with Crippen LogP contribution in [0.2, 0.25) is 0 Å². The first-order chi connectivity index (χ1) is 5.31. The molecule has 0 spiro atoms. The van der Waals surface area contributed by atoms with Crippen LogP contribution in [0.5, 0.6) is 0 Å². The summed E-state index contributed by atoms with van der Waals surface area (Å²) in [6, 6.07) is -0.132. The van der Waals surface area contributed by atoms with Gasteiger partial charge in [0.2, 0.25) is 0 Å². The van der Waals surface area contributed by atoms with Gasteiger partial charge in [-0.3, -0.25) is 4.55 Å². The van der Waals surface area contributed by atoms with E-state index in [1.54, 1.807) is 0 Å². The Morgan fingerprint density at radius 2 is 1.92 bits per heavy atom. The molecule has 1 unspecified atom stereocenters. The molecule has 74 valence electrons. The van der Waals surface area contributed by atoms with Crippen LogP contribution in [-0.2, 0) is 10.1 Å². The molecule has 0 aliphatic carbocycles. The van der Waals surface area contributed by atoms with Crippen molar-refractivity contribution in [3.63, 3.8) is 0 Å². The fraction of sp³-hybridized carbons (Fsp3) is 1.00. The van der Waals surface area contributed by atoms with Gasteiger partial charge in [-0.25, -0.2) is 0 Å². The summed E-state index contributed by atoms with van der Waals surface area (Å²) in [5.74, 6) is 0.224. The third-order valence-corrected chi connectivity index (χ3v) is 2.27. The van der Waals surface area contributed by atoms with Crippen molar-refractivity contribution in [1.29, 1.82) is 0 Å². The van der Waals surface area contributed by atoms with Crippen LogP contribution in [0.1, 0.15) is 26.7 Å². The first-order valence-electron chi connectivity index (χ1n) is 4.02. The highest BCUT2D eigenvalue weighted by atomic mass is 32.2. The van der Waals surface area contributed by atoms with Gasteiger partial charge < -0.3 is 5.73 Å². The van der Waals surface area contributed by atoms with Gasteiger partial charge in [0.15, 0.2) is 0 Å². The Morgan fingerprint density at radius 1 is 1.42 bits per heavy atom. The molecule has 3 N–H and O–H groups in total. The SMILES string of the molecule is CC(C)CC(N)CCS(=O)(=O)O. The monoisotopic (exact) mass is 195 g/mol. The van der Waals surface area contributed by atoms with Crippen LogP contribution in [0, 0.1) is 5.92 Å². The molecule has 0 saturated heterocycles. The molecule has 0 aliphatic heterocycles. The van der Waals surface area contributed by atoms with E-state index in [2.05, 4.69) is 0 Å². The molecule has 0 aromatic carbocycles. The maximum Gasteiger partial charge on any atom is 0.264 e. The molecule has 1 atom stereocenters. The molecule has 12 heavy (non-hydrogen) atoms. The lowest BCUT2D eigenvalue weighted by Gasteiger charge is -2.12. The lowest BCUT2D eigenvalue weighted by Crippen LogP contribution is -2.25. The summed E-state index contributed by atoms with van der Waals surface area (Å²) in [6.07, 6.45) is 1.12. The predicted octanol–water partition coefficient (Wildman–Crippen LogP) is 0.638. The number of hydrogen-bond acceptors (Lipinski definition) is 3. The second-order valence-electron chi connectivity index (χ2n) is 3.46. The maximum atomic E-state index is 10.3. The zero-order valence-corrected chi connectivity index (χ0v) is 8.34. The third-order valence-electron chi connectivity index (χ3n) is 1.52. The molecular formula is C7H17NO3S. The van der Waals surface area contributed by atoms with Crippen molar-refractivity contribution in [3.8, 4) is 0 Å². The van der Waals surface area contributed by atoms with E-state index in [1.807, 2.05) is 13.8 Å². The lowest BCUT2D eigenvalue weighted by atomic mass is 10.0. The summed E-state index contributed by atoms with van der Waals surface area (Å²) in [6.45, 7) is 4.04. The topological polar surface area (TPSA) is 80.4 Å². The van der Waals surface area contributed by atoms with Crippen LogP contribution < -0.4 is 5.73 Å². The van der Waals surface area contributed by atoms with Crippen LogP contribution in [0.15, 0.2) is 0 Å². The summed E-state index contributed by atoms with van der Waals surface area (Å²) >= 11 is 0. The first-order valence-corrected chi connectivity index (χ1v) is 5.63. The van der Waals surface area contributed by atoms with Crippen molar-refractivity contribution in [2.24, 2.45) is 11.7 Å². The normalized spacial score (nSPS) is 15.1. The van der Waals surface area contributed by atoms with E-state index in [0.717, 1.165) is 6.42 Å². The summed E-state index contributed by atoms with van der Waals surface area (Å²) in [5, 5.41) is 0. The Balaban J connectivity index is 3.65. The molecule has 0 bridgehead atoms. The van der Waals surface area contributed by atoms with Crippen molar-refractivity contribution < 1.29 is 13.0 Å². The Morgan fingerprint density at radius 3 is 2.25 bits per heavy atom. The summed E-state index contributed by atoms with van der Waals surface area (Å²) in [5.41, 5.74) is 5.61. The maximum absolute atomic E-state index is 10.3. The van der Waals surface area contributed by atoms with Crippen LogP contribution in [-0.4, -0.2) is 24.8 Å². The van der Waals surface area contributed by atoms with Gasteiger partial charge >= 0.3 is 0 Å². The molecule has 0 radical (unpaired) electrons. The second kappa shape index (κ2) is 4.79. The molecule has 0 aromatic rings. The molecule has 0 heterocycles. The molecule has 4 nitrogen and oxygen atoms in total. The molecular weight excluding hydrogens is 178 g/mol. The summed E-state index contributed by atoms with van der Waals surface area (Å²) < 4.78 is 29.1. The Labute approximate surface area is 73.9 Å². The third kappa shape index (κ3) is 7.97. The molecule has 0 fully saturated rings. The van der Waals surface area contributed by atoms with Crippen molar-refractivity contribution in [3.05, 3.63) is 0 Å². The van der Waals surface area contributed by atoms with Crippen molar-refractivity contribution >= 4 is 10.1 Å². The molecule has 0 saturated carbocycles. The van der Waals surface area contributed by atoms with E-state index in [4.69, 9.17) is 10.3 Å². The van der Waals surface area contributed by atoms with E-state index in [0.29, 0.717) is 12.3 Å². The summed E-state index contributed by atoms with van der Waals surface area (Å²) in [7, 11) is -3.83. The van der Waals surface area contributed by atoms with Crippen LogP contribution in [0.25, 0.3) is 0 Å². The fourth-order valence-corrected chi connectivity index (χ4v) is 1.62. The Kier molecular flexibility index (Phi) is 4.74. The lowest BCUT2D eigenvalue weighted by molar-refractivity contribution is 0.458. The van der Waals surface area contributed by atoms with Crippen molar-refractivity contribution in [2.45, 2.75) is 32.7 Å². The van der Waals surface area contributed by atoms with Gasteiger partial charge in [0, 0.05) is 6.04 Å². The molecule has 0 aromatic heterocycles. The van der Waals surface area contributed by atoms with Crippen LogP contribution in [0.3, 0.4) is 0 Å². The first kappa shape index (κ1) is 11.9. The second-order valence-corrected chi connectivity index (χ2v) is 5.04. The fourth-order valence-electron chi connectivity index (χ4n) is 1.02. The van der Waals surface area contributed by atoms with Crippen LogP contribution in [0.4, 0.5) is 0 Å². The van der Waals surface area contributed by atoms with E-state index < -0.39 is 10.1 Å². The van der Waals surface area contributed by atoms with Gasteiger partial charge in [0.1, 0.15) is 0 Å². The molecule has 0 amide bonds.